The second-order valence-corrected chi connectivity index (χ2v) is 8.48. The highest BCUT2D eigenvalue weighted by Gasteiger charge is 2.20. The zero-order valence-corrected chi connectivity index (χ0v) is 19.9. The Hall–Kier alpha value is -3.71. The summed E-state index contributed by atoms with van der Waals surface area (Å²) in [5, 5.41) is 3.40. The summed E-state index contributed by atoms with van der Waals surface area (Å²) >= 11 is 5.93. The summed E-state index contributed by atoms with van der Waals surface area (Å²) in [5.74, 6) is 0. The minimum Gasteiger partial charge on any atom is -0.314 e. The van der Waals surface area contributed by atoms with Gasteiger partial charge in [0.1, 0.15) is 10.8 Å². The third-order valence-corrected chi connectivity index (χ3v) is 5.84. The van der Waals surface area contributed by atoms with Crippen LogP contribution in [-0.4, -0.2) is 25.5 Å². The van der Waals surface area contributed by atoms with E-state index in [-0.39, 0.29) is 24.7 Å². The largest absolute Gasteiger partial charge is 0.322 e. The third-order valence-electron chi connectivity index (χ3n) is 5.62. The maximum atomic E-state index is 13.4. The Bertz CT molecular complexity index is 1370. The number of nitrogens with one attached hydrogen (secondary N) is 1. The minimum absolute atomic E-state index is 0.0436. The van der Waals surface area contributed by atoms with E-state index in [2.05, 4.69) is 22.2 Å². The topological polar surface area (TPSA) is 80.1 Å². The Labute approximate surface area is 203 Å². The second-order valence-electron chi connectivity index (χ2n) is 8.09. The molecule has 0 bridgehead atoms. The number of hydrogen-bond acceptors (Lipinski definition) is 4. The van der Waals surface area contributed by atoms with Gasteiger partial charge in [0.05, 0.1) is 17.6 Å². The van der Waals surface area contributed by atoms with Gasteiger partial charge in [-0.2, -0.15) is 0 Å². The molecule has 0 atom stereocenters. The summed E-state index contributed by atoms with van der Waals surface area (Å²) in [4.78, 5) is 36.7. The van der Waals surface area contributed by atoms with Crippen molar-refractivity contribution in [2.45, 2.75) is 32.9 Å². The van der Waals surface area contributed by atoms with Gasteiger partial charge in [-0.25, -0.2) is 14.8 Å². The van der Waals surface area contributed by atoms with Crippen LogP contribution in [0.4, 0.5) is 10.5 Å². The number of para-hydroxylation sites is 3. The number of anilines is 1. The van der Waals surface area contributed by atoms with Gasteiger partial charge >= 0.3 is 6.03 Å². The lowest BCUT2D eigenvalue weighted by molar-refractivity contribution is 0.205. The van der Waals surface area contributed by atoms with Crippen LogP contribution in [0.3, 0.4) is 0 Å². The number of amides is 2. The van der Waals surface area contributed by atoms with Gasteiger partial charge in [-0.1, -0.05) is 61.3 Å². The molecule has 2 aromatic heterocycles. The van der Waals surface area contributed by atoms with Crippen LogP contribution in [0.2, 0.25) is 5.15 Å². The van der Waals surface area contributed by atoms with Crippen molar-refractivity contribution in [1.29, 1.82) is 0 Å². The minimum atomic E-state index is -0.324. The summed E-state index contributed by atoms with van der Waals surface area (Å²) in [6, 6.07) is 18.4. The average molecular weight is 476 g/mol. The number of carbonyl (C=O) groups is 1. The molecule has 34 heavy (non-hydrogen) atoms. The summed E-state index contributed by atoms with van der Waals surface area (Å²) in [7, 11) is 1.71. The number of aromatic nitrogens is 3. The molecule has 174 valence electrons. The SMILES string of the molecule is CCCc1ccccc1NC(=O)N(Cc1ccc(Cl)nc1)Cc1nc2ccccc2n(C)c1=O. The van der Waals surface area contributed by atoms with Crippen molar-refractivity contribution in [3.63, 3.8) is 0 Å². The van der Waals surface area contributed by atoms with Gasteiger partial charge in [-0.3, -0.25) is 4.79 Å². The molecule has 2 amide bonds. The maximum absolute atomic E-state index is 13.4. The number of rotatable bonds is 7. The molecule has 1 N–H and O–H groups in total. The molecule has 4 aromatic rings. The lowest BCUT2D eigenvalue weighted by atomic mass is 10.1. The molecule has 0 aliphatic heterocycles. The highest BCUT2D eigenvalue weighted by molar-refractivity contribution is 6.29. The van der Waals surface area contributed by atoms with E-state index < -0.39 is 0 Å². The quantitative estimate of drug-likeness (QED) is 0.374. The number of hydrogen-bond donors (Lipinski definition) is 1. The van der Waals surface area contributed by atoms with E-state index in [1.54, 1.807) is 28.8 Å². The van der Waals surface area contributed by atoms with Gasteiger partial charge in [0.15, 0.2) is 0 Å². The standard InChI is InChI=1S/C26H26ClN5O2/c1-3-8-19-9-4-5-10-20(19)30-26(34)32(16-18-13-14-24(27)28-15-18)17-22-25(33)31(2)23-12-7-6-11-21(23)29-22/h4-7,9-15H,3,8,16-17H2,1-2H3,(H,30,34). The Balaban J connectivity index is 1.68. The van der Waals surface area contributed by atoms with Crippen molar-refractivity contribution in [1.82, 2.24) is 19.4 Å². The van der Waals surface area contributed by atoms with Gasteiger partial charge in [0.2, 0.25) is 0 Å². The molecule has 0 spiro atoms. The lowest BCUT2D eigenvalue weighted by Crippen LogP contribution is -2.37. The molecule has 7 nitrogen and oxygen atoms in total. The number of halogens is 1. The molecule has 4 rings (SSSR count). The molecular weight excluding hydrogens is 450 g/mol. The van der Waals surface area contributed by atoms with Crippen molar-refractivity contribution >= 4 is 34.4 Å². The van der Waals surface area contributed by atoms with Crippen LogP contribution >= 0.6 is 11.6 Å². The summed E-state index contributed by atoms with van der Waals surface area (Å²) in [6.45, 7) is 2.38. The van der Waals surface area contributed by atoms with E-state index in [9.17, 15) is 9.59 Å². The van der Waals surface area contributed by atoms with Crippen molar-refractivity contribution in [3.05, 3.63) is 99.2 Å². The van der Waals surface area contributed by atoms with Gasteiger partial charge in [0.25, 0.3) is 5.56 Å². The van der Waals surface area contributed by atoms with Crippen LogP contribution < -0.4 is 10.9 Å². The second kappa shape index (κ2) is 10.5. The number of urea groups is 1. The fourth-order valence-corrected chi connectivity index (χ4v) is 3.98. The molecule has 0 fully saturated rings. The smallest absolute Gasteiger partial charge is 0.314 e. The Morgan fingerprint density at radius 3 is 2.59 bits per heavy atom. The van der Waals surface area contributed by atoms with E-state index >= 15 is 0 Å². The first-order valence-corrected chi connectivity index (χ1v) is 11.5. The van der Waals surface area contributed by atoms with Gasteiger partial charge in [-0.05, 0) is 41.8 Å². The number of fused-ring (bicyclic) bond motifs is 1. The summed E-state index contributed by atoms with van der Waals surface area (Å²) < 4.78 is 1.56. The highest BCUT2D eigenvalue weighted by Crippen LogP contribution is 2.19. The van der Waals surface area contributed by atoms with E-state index in [4.69, 9.17) is 11.6 Å². The number of aryl methyl sites for hydroxylation is 2. The molecule has 0 saturated heterocycles. The maximum Gasteiger partial charge on any atom is 0.322 e. The predicted molar refractivity (Wildman–Crippen MR) is 135 cm³/mol. The van der Waals surface area contributed by atoms with Crippen LogP contribution in [0.25, 0.3) is 11.0 Å². The molecule has 8 heteroatoms. The molecule has 2 aromatic carbocycles. The monoisotopic (exact) mass is 475 g/mol. The fraction of sp³-hybridized carbons (Fsp3) is 0.231. The fourth-order valence-electron chi connectivity index (χ4n) is 3.87. The van der Waals surface area contributed by atoms with E-state index in [1.165, 1.54) is 0 Å². The van der Waals surface area contributed by atoms with Crippen molar-refractivity contribution in [2.24, 2.45) is 7.05 Å². The average Bonchev–Trinajstić information content (AvgIpc) is 2.84. The molecular formula is C26H26ClN5O2. The summed E-state index contributed by atoms with van der Waals surface area (Å²) in [5.41, 5.74) is 4.10. The number of benzene rings is 2. The normalized spacial score (nSPS) is 10.9. The highest BCUT2D eigenvalue weighted by atomic mass is 35.5. The van der Waals surface area contributed by atoms with E-state index in [0.29, 0.717) is 16.4 Å². The van der Waals surface area contributed by atoms with Crippen LogP contribution in [0.1, 0.15) is 30.2 Å². The first-order valence-electron chi connectivity index (χ1n) is 11.1. The van der Waals surface area contributed by atoms with Gasteiger partial charge < -0.3 is 14.8 Å². The zero-order valence-electron chi connectivity index (χ0n) is 19.2. The lowest BCUT2D eigenvalue weighted by Gasteiger charge is -2.24. The summed E-state index contributed by atoms with van der Waals surface area (Å²) in [6.07, 6.45) is 3.44. The van der Waals surface area contributed by atoms with Gasteiger partial charge in [-0.15, -0.1) is 0 Å². The third kappa shape index (κ3) is 5.26. The van der Waals surface area contributed by atoms with Gasteiger partial charge in [0, 0.05) is 25.5 Å². The molecule has 0 aliphatic carbocycles. The molecule has 0 aliphatic rings. The van der Waals surface area contributed by atoms with E-state index in [1.807, 2.05) is 54.6 Å². The Morgan fingerprint density at radius 1 is 1.06 bits per heavy atom. The van der Waals surface area contributed by atoms with Crippen molar-refractivity contribution in [2.75, 3.05) is 5.32 Å². The van der Waals surface area contributed by atoms with Crippen molar-refractivity contribution < 1.29 is 4.79 Å². The Kier molecular flexibility index (Phi) is 7.23. The van der Waals surface area contributed by atoms with E-state index in [0.717, 1.165) is 35.2 Å². The van der Waals surface area contributed by atoms with Crippen LogP contribution in [-0.2, 0) is 26.6 Å². The first kappa shape index (κ1) is 23.4. The molecule has 2 heterocycles. The van der Waals surface area contributed by atoms with Crippen LogP contribution in [0.5, 0.6) is 0 Å². The number of nitrogens with zero attached hydrogens (tertiary/aromatic N) is 4. The number of carbonyl (C=O) groups excluding carboxylic acids is 1. The van der Waals surface area contributed by atoms with Crippen LogP contribution in [0, 0.1) is 0 Å². The van der Waals surface area contributed by atoms with Crippen LogP contribution in [0.15, 0.2) is 71.7 Å². The number of pyridine rings is 1. The first-order chi connectivity index (χ1) is 16.5. The zero-order chi connectivity index (χ0) is 24.1. The molecule has 0 unspecified atom stereocenters. The molecule has 0 saturated carbocycles. The Morgan fingerprint density at radius 2 is 1.82 bits per heavy atom. The van der Waals surface area contributed by atoms with Crippen molar-refractivity contribution in [3.8, 4) is 0 Å². The predicted octanol–water partition coefficient (Wildman–Crippen LogP) is 5.17. The molecule has 0 radical (unpaired) electrons.